The smallest absolute Gasteiger partial charge is 0.212 e. The van der Waals surface area contributed by atoms with Gasteiger partial charge in [0.2, 0.25) is 5.88 Å². The summed E-state index contributed by atoms with van der Waals surface area (Å²) >= 11 is 0. The Morgan fingerprint density at radius 2 is 1.85 bits per heavy atom. The summed E-state index contributed by atoms with van der Waals surface area (Å²) in [5, 5.41) is 6.74. The third-order valence-electron chi connectivity index (χ3n) is 4.02. The van der Waals surface area contributed by atoms with Crippen LogP contribution in [-0.2, 0) is 12.0 Å². The van der Waals surface area contributed by atoms with E-state index in [1.54, 1.807) is 13.3 Å². The fourth-order valence-electron chi connectivity index (χ4n) is 2.43. The summed E-state index contributed by atoms with van der Waals surface area (Å²) in [4.78, 5) is 8.86. The lowest BCUT2D eigenvalue weighted by molar-refractivity contribution is 0.397. The number of rotatable bonds is 7. The van der Waals surface area contributed by atoms with Crippen LogP contribution in [0.15, 0.2) is 53.7 Å². The number of guanidine groups is 1. The first-order chi connectivity index (χ1) is 12.0. The summed E-state index contributed by atoms with van der Waals surface area (Å²) in [5.74, 6) is 1.42. The highest BCUT2D eigenvalue weighted by Crippen LogP contribution is 2.21. The van der Waals surface area contributed by atoms with Crippen LogP contribution in [0.25, 0.3) is 0 Å². The fourth-order valence-corrected chi connectivity index (χ4v) is 2.43. The predicted octanol–water partition coefficient (Wildman–Crippen LogP) is 3.74. The average Bonchev–Trinajstić information content (AvgIpc) is 2.65. The molecule has 142 valence electrons. The van der Waals surface area contributed by atoms with Crippen molar-refractivity contribution in [3.05, 3.63) is 59.8 Å². The maximum absolute atomic E-state index is 5.08. The van der Waals surface area contributed by atoms with Gasteiger partial charge in [0.15, 0.2) is 5.96 Å². The van der Waals surface area contributed by atoms with Gasteiger partial charge in [0.05, 0.1) is 13.7 Å². The Balaban J connectivity index is 0.00000338. The number of pyridine rings is 1. The lowest BCUT2D eigenvalue weighted by Gasteiger charge is -2.26. The van der Waals surface area contributed by atoms with Gasteiger partial charge in [0.25, 0.3) is 0 Å². The molecule has 1 aromatic heterocycles. The topological polar surface area (TPSA) is 58.5 Å². The van der Waals surface area contributed by atoms with Gasteiger partial charge in [-0.15, -0.1) is 24.0 Å². The number of nitrogens with zero attached hydrogens (tertiary/aromatic N) is 2. The van der Waals surface area contributed by atoms with Gasteiger partial charge in [-0.1, -0.05) is 50.2 Å². The third kappa shape index (κ3) is 6.82. The number of hydrogen-bond donors (Lipinski definition) is 2. The molecule has 0 saturated heterocycles. The highest BCUT2D eigenvalue weighted by atomic mass is 127. The van der Waals surface area contributed by atoms with Gasteiger partial charge in [-0.25, -0.2) is 9.98 Å². The summed E-state index contributed by atoms with van der Waals surface area (Å²) in [6, 6.07) is 14.3. The fraction of sp³-hybridized carbons (Fsp3) is 0.400. The summed E-state index contributed by atoms with van der Waals surface area (Å²) < 4.78 is 5.08. The molecule has 26 heavy (non-hydrogen) atoms. The van der Waals surface area contributed by atoms with Crippen molar-refractivity contribution >= 4 is 29.9 Å². The normalized spacial score (nSPS) is 11.5. The second-order valence-electron chi connectivity index (χ2n) is 6.51. The van der Waals surface area contributed by atoms with Crippen molar-refractivity contribution in [1.82, 2.24) is 15.6 Å². The number of methoxy groups -OCH3 is 1. The zero-order chi connectivity index (χ0) is 18.1. The Morgan fingerprint density at radius 1 is 1.12 bits per heavy atom. The summed E-state index contributed by atoms with van der Waals surface area (Å²) in [6.07, 6.45) is 1.79. The Morgan fingerprint density at radius 3 is 2.42 bits per heavy atom. The molecule has 0 unspecified atom stereocenters. The molecule has 0 amide bonds. The van der Waals surface area contributed by atoms with E-state index >= 15 is 0 Å². The SMILES string of the molecule is CCNC(=NCc1ccc(OC)nc1)NCC(C)(C)c1ccccc1.I. The zero-order valence-corrected chi connectivity index (χ0v) is 18.3. The number of ether oxygens (including phenoxy) is 1. The van der Waals surface area contributed by atoms with Gasteiger partial charge in [0.1, 0.15) is 0 Å². The Bertz CT molecular complexity index is 672. The molecule has 1 heterocycles. The van der Waals surface area contributed by atoms with E-state index in [1.165, 1.54) is 5.56 Å². The molecular weight excluding hydrogens is 439 g/mol. The minimum Gasteiger partial charge on any atom is -0.481 e. The Hall–Kier alpha value is -1.83. The summed E-state index contributed by atoms with van der Waals surface area (Å²) in [7, 11) is 1.61. The van der Waals surface area contributed by atoms with E-state index in [0.29, 0.717) is 12.4 Å². The van der Waals surface area contributed by atoms with Crippen molar-refractivity contribution in [1.29, 1.82) is 0 Å². The van der Waals surface area contributed by atoms with Crippen molar-refractivity contribution in [2.24, 2.45) is 4.99 Å². The molecule has 5 nitrogen and oxygen atoms in total. The Kier molecular flexibility index (Phi) is 9.40. The number of hydrogen-bond acceptors (Lipinski definition) is 3. The lowest BCUT2D eigenvalue weighted by Crippen LogP contribution is -2.43. The van der Waals surface area contributed by atoms with E-state index in [-0.39, 0.29) is 29.4 Å². The molecule has 0 spiro atoms. The highest BCUT2D eigenvalue weighted by molar-refractivity contribution is 14.0. The maximum Gasteiger partial charge on any atom is 0.212 e. The molecule has 1 aromatic carbocycles. The molecule has 0 aliphatic rings. The van der Waals surface area contributed by atoms with Gasteiger partial charge in [-0.05, 0) is 18.1 Å². The van der Waals surface area contributed by atoms with Crippen molar-refractivity contribution in [2.75, 3.05) is 20.2 Å². The molecule has 0 bridgehead atoms. The second-order valence-corrected chi connectivity index (χ2v) is 6.51. The summed E-state index contributed by atoms with van der Waals surface area (Å²) in [6.45, 7) is 8.70. The predicted molar refractivity (Wildman–Crippen MR) is 118 cm³/mol. The lowest BCUT2D eigenvalue weighted by atomic mass is 9.85. The first-order valence-corrected chi connectivity index (χ1v) is 8.62. The highest BCUT2D eigenvalue weighted by Gasteiger charge is 2.20. The average molecular weight is 468 g/mol. The van der Waals surface area contributed by atoms with E-state index in [4.69, 9.17) is 4.74 Å². The molecule has 0 aliphatic heterocycles. The number of halogens is 1. The molecule has 0 atom stereocenters. The molecule has 6 heteroatoms. The second kappa shape index (κ2) is 11.0. The maximum atomic E-state index is 5.08. The number of aromatic nitrogens is 1. The van der Waals surface area contributed by atoms with Gasteiger partial charge >= 0.3 is 0 Å². The minimum absolute atomic E-state index is 0. The molecule has 0 saturated carbocycles. The van der Waals surface area contributed by atoms with Crippen LogP contribution in [0, 0.1) is 0 Å². The van der Waals surface area contributed by atoms with Crippen molar-refractivity contribution in [3.63, 3.8) is 0 Å². The molecule has 2 aromatic rings. The molecule has 2 rings (SSSR count). The van der Waals surface area contributed by atoms with Gasteiger partial charge in [-0.2, -0.15) is 0 Å². The van der Waals surface area contributed by atoms with Gasteiger partial charge in [0, 0.05) is 30.8 Å². The third-order valence-corrected chi connectivity index (χ3v) is 4.02. The van der Waals surface area contributed by atoms with E-state index < -0.39 is 0 Å². The van der Waals surface area contributed by atoms with Crippen LogP contribution in [0.5, 0.6) is 5.88 Å². The van der Waals surface area contributed by atoms with Crippen LogP contribution in [0.4, 0.5) is 0 Å². The van der Waals surface area contributed by atoms with Crippen molar-refractivity contribution in [3.8, 4) is 5.88 Å². The molecule has 2 N–H and O–H groups in total. The van der Waals surface area contributed by atoms with Crippen LogP contribution < -0.4 is 15.4 Å². The first-order valence-electron chi connectivity index (χ1n) is 8.62. The number of benzene rings is 1. The quantitative estimate of drug-likeness (QED) is 0.369. The van der Waals surface area contributed by atoms with Crippen molar-refractivity contribution < 1.29 is 4.74 Å². The number of nitrogens with one attached hydrogen (secondary N) is 2. The van der Waals surface area contributed by atoms with E-state index in [9.17, 15) is 0 Å². The van der Waals surface area contributed by atoms with E-state index in [1.807, 2.05) is 18.2 Å². The molecular formula is C20H29IN4O. The van der Waals surface area contributed by atoms with E-state index in [0.717, 1.165) is 24.6 Å². The van der Waals surface area contributed by atoms with Gasteiger partial charge in [-0.3, -0.25) is 0 Å². The zero-order valence-electron chi connectivity index (χ0n) is 16.0. The van der Waals surface area contributed by atoms with E-state index in [2.05, 4.69) is 65.6 Å². The van der Waals surface area contributed by atoms with Crippen LogP contribution in [-0.4, -0.2) is 31.1 Å². The first kappa shape index (κ1) is 22.2. The standard InChI is InChI=1S/C20H28N4O.HI/c1-5-21-19(23-14-16-11-12-18(25-4)22-13-16)24-15-20(2,3)17-9-7-6-8-10-17;/h6-13H,5,14-15H2,1-4H3,(H2,21,23,24);1H. The van der Waals surface area contributed by atoms with Crippen LogP contribution in [0.1, 0.15) is 31.9 Å². The largest absolute Gasteiger partial charge is 0.481 e. The van der Waals surface area contributed by atoms with Gasteiger partial charge < -0.3 is 15.4 Å². The van der Waals surface area contributed by atoms with Crippen LogP contribution >= 0.6 is 24.0 Å². The molecule has 0 aliphatic carbocycles. The Labute approximate surface area is 173 Å². The van der Waals surface area contributed by atoms with Crippen LogP contribution in [0.2, 0.25) is 0 Å². The molecule has 0 fully saturated rings. The summed E-state index contributed by atoms with van der Waals surface area (Å²) in [5.41, 5.74) is 2.36. The van der Waals surface area contributed by atoms with Crippen molar-refractivity contribution in [2.45, 2.75) is 32.7 Å². The monoisotopic (exact) mass is 468 g/mol. The number of aliphatic imine (C=N–C) groups is 1. The van der Waals surface area contributed by atoms with Crippen LogP contribution in [0.3, 0.4) is 0 Å². The minimum atomic E-state index is 0. The molecule has 0 radical (unpaired) electrons.